The largest absolute Gasteiger partial charge is 0.382 e. The van der Waals surface area contributed by atoms with Crippen LogP contribution in [0.1, 0.15) is 12.0 Å². The minimum Gasteiger partial charge on any atom is -0.382 e. The Hall–Kier alpha value is -2.60. The molecule has 6 heteroatoms. The van der Waals surface area contributed by atoms with Gasteiger partial charge in [-0.15, -0.1) is 0 Å². The van der Waals surface area contributed by atoms with Crippen molar-refractivity contribution in [1.29, 1.82) is 0 Å². The lowest BCUT2D eigenvalue weighted by Crippen LogP contribution is -2.07. The molecule has 0 aliphatic rings. The highest BCUT2D eigenvalue weighted by molar-refractivity contribution is 5.72. The monoisotopic (exact) mass is 339 g/mol. The molecule has 3 rings (SSSR count). The van der Waals surface area contributed by atoms with Crippen molar-refractivity contribution in [2.45, 2.75) is 12.8 Å². The lowest BCUT2D eigenvalue weighted by Gasteiger charge is -2.07. The van der Waals surface area contributed by atoms with Crippen molar-refractivity contribution in [1.82, 2.24) is 19.6 Å². The SMILES string of the molecule is Cn1cc(-c2nn(C)cc2NCCCOCCc2ccccc2)cn1. The molecule has 0 bridgehead atoms. The van der Waals surface area contributed by atoms with Gasteiger partial charge in [-0.05, 0) is 18.4 Å². The van der Waals surface area contributed by atoms with Crippen LogP contribution in [0.15, 0.2) is 48.9 Å². The first-order chi connectivity index (χ1) is 12.2. The number of hydrogen-bond donors (Lipinski definition) is 1. The predicted octanol–water partition coefficient (Wildman–Crippen LogP) is 2.88. The number of rotatable bonds is 9. The molecule has 0 radical (unpaired) electrons. The Kier molecular flexibility index (Phi) is 5.85. The number of nitrogens with zero attached hydrogens (tertiary/aromatic N) is 4. The third-order valence-corrected chi connectivity index (χ3v) is 3.97. The summed E-state index contributed by atoms with van der Waals surface area (Å²) in [6, 6.07) is 10.4. The van der Waals surface area contributed by atoms with Gasteiger partial charge in [0.25, 0.3) is 0 Å². The second-order valence-electron chi connectivity index (χ2n) is 6.10. The van der Waals surface area contributed by atoms with Gasteiger partial charge in [0, 0.05) is 45.2 Å². The van der Waals surface area contributed by atoms with Gasteiger partial charge in [-0.25, -0.2) is 0 Å². The molecule has 0 fully saturated rings. The maximum atomic E-state index is 5.72. The molecule has 2 heterocycles. The maximum Gasteiger partial charge on any atom is 0.119 e. The van der Waals surface area contributed by atoms with Gasteiger partial charge in [0.1, 0.15) is 5.69 Å². The minimum atomic E-state index is 0.752. The number of aromatic nitrogens is 4. The summed E-state index contributed by atoms with van der Waals surface area (Å²) in [7, 11) is 3.84. The summed E-state index contributed by atoms with van der Waals surface area (Å²) in [6.07, 6.45) is 7.72. The average molecular weight is 339 g/mol. The lowest BCUT2D eigenvalue weighted by molar-refractivity contribution is 0.137. The Morgan fingerprint density at radius 3 is 2.64 bits per heavy atom. The minimum absolute atomic E-state index is 0.752. The molecule has 1 N–H and O–H groups in total. The van der Waals surface area contributed by atoms with Crippen LogP contribution < -0.4 is 5.32 Å². The fraction of sp³-hybridized carbons (Fsp3) is 0.368. The summed E-state index contributed by atoms with van der Waals surface area (Å²) >= 11 is 0. The van der Waals surface area contributed by atoms with Gasteiger partial charge in [0.2, 0.25) is 0 Å². The molecular formula is C19H25N5O. The van der Waals surface area contributed by atoms with E-state index in [1.54, 1.807) is 4.68 Å². The van der Waals surface area contributed by atoms with Gasteiger partial charge >= 0.3 is 0 Å². The van der Waals surface area contributed by atoms with Gasteiger partial charge in [0.05, 0.1) is 18.5 Å². The molecule has 0 atom stereocenters. The predicted molar refractivity (Wildman–Crippen MR) is 99.5 cm³/mol. The number of aryl methyl sites for hydroxylation is 2. The van der Waals surface area contributed by atoms with Crippen molar-refractivity contribution < 1.29 is 4.74 Å². The number of hydrogen-bond acceptors (Lipinski definition) is 4. The number of ether oxygens (including phenoxy) is 1. The van der Waals surface area contributed by atoms with E-state index in [0.717, 1.165) is 49.5 Å². The highest BCUT2D eigenvalue weighted by atomic mass is 16.5. The molecule has 132 valence electrons. The summed E-state index contributed by atoms with van der Waals surface area (Å²) < 4.78 is 9.33. The van der Waals surface area contributed by atoms with Crippen molar-refractivity contribution in [3.8, 4) is 11.3 Å². The Labute approximate surface area is 148 Å². The molecule has 2 aromatic heterocycles. The van der Waals surface area contributed by atoms with E-state index in [9.17, 15) is 0 Å². The second kappa shape index (κ2) is 8.48. The first-order valence-corrected chi connectivity index (χ1v) is 8.60. The number of benzene rings is 1. The highest BCUT2D eigenvalue weighted by Crippen LogP contribution is 2.25. The molecule has 0 unspecified atom stereocenters. The van der Waals surface area contributed by atoms with Crippen molar-refractivity contribution in [2.24, 2.45) is 14.1 Å². The highest BCUT2D eigenvalue weighted by Gasteiger charge is 2.11. The fourth-order valence-corrected chi connectivity index (χ4v) is 2.71. The topological polar surface area (TPSA) is 56.9 Å². The van der Waals surface area contributed by atoms with Crippen LogP contribution in [-0.2, 0) is 25.3 Å². The zero-order valence-corrected chi connectivity index (χ0v) is 14.9. The average Bonchev–Trinajstić information content (AvgIpc) is 3.20. The van der Waals surface area contributed by atoms with Crippen LogP contribution >= 0.6 is 0 Å². The van der Waals surface area contributed by atoms with Crippen molar-refractivity contribution in [3.63, 3.8) is 0 Å². The van der Waals surface area contributed by atoms with Gasteiger partial charge in [-0.1, -0.05) is 30.3 Å². The van der Waals surface area contributed by atoms with Crippen molar-refractivity contribution >= 4 is 5.69 Å². The van der Waals surface area contributed by atoms with E-state index in [-0.39, 0.29) is 0 Å². The van der Waals surface area contributed by atoms with Crippen molar-refractivity contribution in [3.05, 3.63) is 54.5 Å². The summed E-state index contributed by atoms with van der Waals surface area (Å²) in [6.45, 7) is 2.37. The standard InChI is InChI=1S/C19H25N5O/c1-23-14-17(13-21-23)19-18(15-24(2)22-19)20-10-6-11-25-12-9-16-7-4-3-5-8-16/h3-5,7-8,13-15,20H,6,9-12H2,1-2H3. The van der Waals surface area contributed by atoms with Crippen LogP contribution in [0.5, 0.6) is 0 Å². The Morgan fingerprint density at radius 2 is 1.88 bits per heavy atom. The molecule has 25 heavy (non-hydrogen) atoms. The Bertz CT molecular complexity index is 778. The molecule has 0 aliphatic carbocycles. The van der Waals surface area contributed by atoms with Gasteiger partial charge in [-0.3, -0.25) is 9.36 Å². The molecule has 3 aromatic rings. The number of nitrogens with one attached hydrogen (secondary N) is 1. The van der Waals surface area contributed by atoms with E-state index in [1.807, 2.05) is 43.4 Å². The van der Waals surface area contributed by atoms with Gasteiger partial charge < -0.3 is 10.1 Å². The van der Waals surface area contributed by atoms with E-state index < -0.39 is 0 Å². The van der Waals surface area contributed by atoms with Crippen LogP contribution in [0.2, 0.25) is 0 Å². The van der Waals surface area contributed by atoms with E-state index in [0.29, 0.717) is 0 Å². The molecule has 0 aliphatic heterocycles. The van der Waals surface area contributed by atoms with E-state index >= 15 is 0 Å². The molecule has 1 aromatic carbocycles. The zero-order chi connectivity index (χ0) is 17.5. The van der Waals surface area contributed by atoms with Crippen LogP contribution in [0.3, 0.4) is 0 Å². The van der Waals surface area contributed by atoms with E-state index in [4.69, 9.17) is 4.74 Å². The van der Waals surface area contributed by atoms with E-state index in [2.05, 4.69) is 39.8 Å². The smallest absolute Gasteiger partial charge is 0.119 e. The van der Waals surface area contributed by atoms with Crippen LogP contribution in [0.4, 0.5) is 5.69 Å². The molecule has 6 nitrogen and oxygen atoms in total. The molecule has 0 saturated heterocycles. The van der Waals surface area contributed by atoms with Gasteiger partial charge in [-0.2, -0.15) is 10.2 Å². The molecule has 0 spiro atoms. The Balaban J connectivity index is 1.39. The van der Waals surface area contributed by atoms with Crippen LogP contribution in [-0.4, -0.2) is 39.3 Å². The molecule has 0 amide bonds. The third kappa shape index (κ3) is 4.93. The summed E-state index contributed by atoms with van der Waals surface area (Å²) in [5.41, 5.74) is 4.29. The van der Waals surface area contributed by atoms with Crippen molar-refractivity contribution in [2.75, 3.05) is 25.1 Å². The number of anilines is 1. The van der Waals surface area contributed by atoms with Crippen LogP contribution in [0.25, 0.3) is 11.3 Å². The first-order valence-electron chi connectivity index (χ1n) is 8.60. The Morgan fingerprint density at radius 1 is 1.04 bits per heavy atom. The lowest BCUT2D eigenvalue weighted by atomic mass is 10.2. The summed E-state index contributed by atoms with van der Waals surface area (Å²) in [5.74, 6) is 0. The summed E-state index contributed by atoms with van der Waals surface area (Å²) in [4.78, 5) is 0. The first kappa shape index (κ1) is 17.2. The fourth-order valence-electron chi connectivity index (χ4n) is 2.71. The maximum absolute atomic E-state index is 5.72. The zero-order valence-electron chi connectivity index (χ0n) is 14.9. The van der Waals surface area contributed by atoms with E-state index in [1.165, 1.54) is 5.56 Å². The quantitative estimate of drug-likeness (QED) is 0.609. The van der Waals surface area contributed by atoms with Gasteiger partial charge in [0.15, 0.2) is 0 Å². The third-order valence-electron chi connectivity index (χ3n) is 3.97. The molecule has 0 saturated carbocycles. The summed E-state index contributed by atoms with van der Waals surface area (Å²) in [5, 5.41) is 12.2. The van der Waals surface area contributed by atoms with Crippen LogP contribution in [0, 0.1) is 0 Å². The second-order valence-corrected chi connectivity index (χ2v) is 6.10. The normalized spacial score (nSPS) is 11.0. The molecular weight excluding hydrogens is 314 g/mol.